The SMILES string of the molecule is C=CC(=C)C(=O)N(CC=O)C1CCc2c(F)cc(Cl)cc21. The van der Waals surface area contributed by atoms with Crippen LogP contribution in [-0.2, 0) is 16.0 Å². The first-order valence-electron chi connectivity index (χ1n) is 6.53. The maximum absolute atomic E-state index is 13.9. The van der Waals surface area contributed by atoms with Crippen molar-refractivity contribution in [3.63, 3.8) is 0 Å². The van der Waals surface area contributed by atoms with E-state index < -0.39 is 0 Å². The van der Waals surface area contributed by atoms with E-state index in [9.17, 15) is 14.0 Å². The summed E-state index contributed by atoms with van der Waals surface area (Å²) in [4.78, 5) is 24.6. The Labute approximate surface area is 127 Å². The van der Waals surface area contributed by atoms with E-state index >= 15 is 0 Å². The number of benzene rings is 1. The standard InChI is InChI=1S/C16H15ClFNO2/c1-3-10(2)16(21)19(6-7-20)15-5-4-12-13(15)8-11(17)9-14(12)18/h3,7-9,15H,1-2,4-6H2. The van der Waals surface area contributed by atoms with Gasteiger partial charge in [0.2, 0.25) is 0 Å². The molecule has 0 saturated carbocycles. The minimum absolute atomic E-state index is 0.0794. The van der Waals surface area contributed by atoms with E-state index in [4.69, 9.17) is 11.6 Å². The Kier molecular flexibility index (Phi) is 4.58. The highest BCUT2D eigenvalue weighted by atomic mass is 35.5. The van der Waals surface area contributed by atoms with Gasteiger partial charge in [-0.15, -0.1) is 0 Å². The zero-order chi connectivity index (χ0) is 15.6. The molecule has 5 heteroatoms. The molecule has 21 heavy (non-hydrogen) atoms. The Hall–Kier alpha value is -1.94. The molecule has 1 aromatic carbocycles. The van der Waals surface area contributed by atoms with Crippen LogP contribution < -0.4 is 0 Å². The van der Waals surface area contributed by atoms with Gasteiger partial charge in [0.05, 0.1) is 12.6 Å². The quantitative estimate of drug-likeness (QED) is 0.476. The van der Waals surface area contributed by atoms with Gasteiger partial charge in [-0.05, 0) is 36.1 Å². The maximum atomic E-state index is 13.9. The summed E-state index contributed by atoms with van der Waals surface area (Å²) in [6, 6.07) is 2.54. The highest BCUT2D eigenvalue weighted by molar-refractivity contribution is 6.30. The molecular formula is C16H15ClFNO2. The van der Waals surface area contributed by atoms with Gasteiger partial charge in [-0.2, -0.15) is 0 Å². The Morgan fingerprint density at radius 3 is 2.86 bits per heavy atom. The summed E-state index contributed by atoms with van der Waals surface area (Å²) >= 11 is 5.90. The van der Waals surface area contributed by atoms with Gasteiger partial charge in [-0.3, -0.25) is 4.79 Å². The van der Waals surface area contributed by atoms with Crippen molar-refractivity contribution < 1.29 is 14.0 Å². The monoisotopic (exact) mass is 307 g/mol. The molecule has 3 nitrogen and oxygen atoms in total. The van der Waals surface area contributed by atoms with Gasteiger partial charge >= 0.3 is 0 Å². The second-order valence-electron chi connectivity index (χ2n) is 4.86. The fourth-order valence-electron chi connectivity index (χ4n) is 2.65. The van der Waals surface area contributed by atoms with E-state index in [0.717, 1.165) is 0 Å². The third-order valence-corrected chi connectivity index (χ3v) is 3.87. The molecular weight excluding hydrogens is 293 g/mol. The van der Waals surface area contributed by atoms with Crippen LogP contribution in [0.4, 0.5) is 4.39 Å². The topological polar surface area (TPSA) is 37.4 Å². The lowest BCUT2D eigenvalue weighted by atomic mass is 10.1. The molecule has 110 valence electrons. The molecule has 1 aliphatic carbocycles. The number of halogens is 2. The molecule has 0 aliphatic heterocycles. The third kappa shape index (κ3) is 2.90. The summed E-state index contributed by atoms with van der Waals surface area (Å²) in [5.41, 5.74) is 1.41. The van der Waals surface area contributed by atoms with E-state index in [-0.39, 0.29) is 34.9 Å². The van der Waals surface area contributed by atoms with Crippen LogP contribution >= 0.6 is 11.6 Å². The lowest BCUT2D eigenvalue weighted by Gasteiger charge is -2.28. The van der Waals surface area contributed by atoms with Gasteiger partial charge in [0.25, 0.3) is 5.91 Å². The minimum atomic E-state index is -0.379. The predicted molar refractivity (Wildman–Crippen MR) is 79.6 cm³/mol. The molecule has 1 amide bonds. The minimum Gasteiger partial charge on any atom is -0.325 e. The first-order chi connectivity index (χ1) is 9.99. The van der Waals surface area contributed by atoms with Crippen LogP contribution in [0.15, 0.2) is 36.9 Å². The maximum Gasteiger partial charge on any atom is 0.254 e. The number of hydrogen-bond acceptors (Lipinski definition) is 2. The summed E-state index contributed by atoms with van der Waals surface area (Å²) in [5.74, 6) is -0.753. The number of amides is 1. The molecule has 0 bridgehead atoms. The second-order valence-corrected chi connectivity index (χ2v) is 5.30. The van der Waals surface area contributed by atoms with Gasteiger partial charge in [-0.1, -0.05) is 30.8 Å². The van der Waals surface area contributed by atoms with E-state index in [1.165, 1.54) is 17.0 Å². The number of carbonyl (C=O) groups is 2. The van der Waals surface area contributed by atoms with Crippen LogP contribution in [0.1, 0.15) is 23.6 Å². The molecule has 1 aliphatic rings. The summed E-state index contributed by atoms with van der Waals surface area (Å²) in [5, 5.41) is 0.277. The fraction of sp³-hybridized carbons (Fsp3) is 0.250. The van der Waals surface area contributed by atoms with Crippen molar-refractivity contribution in [2.24, 2.45) is 0 Å². The summed E-state index contributed by atoms with van der Waals surface area (Å²) in [6.45, 7) is 7.04. The lowest BCUT2D eigenvalue weighted by Crippen LogP contribution is -2.36. The summed E-state index contributed by atoms with van der Waals surface area (Å²) < 4.78 is 13.9. The predicted octanol–water partition coefficient (Wildman–Crippen LogP) is 3.24. The first-order valence-corrected chi connectivity index (χ1v) is 6.91. The van der Waals surface area contributed by atoms with E-state index in [1.54, 1.807) is 6.07 Å². The summed E-state index contributed by atoms with van der Waals surface area (Å²) in [6.07, 6.45) is 3.05. The fourth-order valence-corrected chi connectivity index (χ4v) is 2.86. The normalized spacial score (nSPS) is 16.2. The van der Waals surface area contributed by atoms with E-state index in [1.807, 2.05) is 0 Å². The van der Waals surface area contributed by atoms with Crippen molar-refractivity contribution >= 4 is 23.8 Å². The van der Waals surface area contributed by atoms with Crippen molar-refractivity contribution in [1.29, 1.82) is 0 Å². The van der Waals surface area contributed by atoms with Crippen LogP contribution in [0.25, 0.3) is 0 Å². The van der Waals surface area contributed by atoms with Gasteiger partial charge in [0.1, 0.15) is 12.1 Å². The Bertz CT molecular complexity index is 627. The molecule has 0 saturated heterocycles. The highest BCUT2D eigenvalue weighted by Gasteiger charge is 2.33. The second kappa shape index (κ2) is 6.22. The van der Waals surface area contributed by atoms with Crippen LogP contribution in [-0.4, -0.2) is 23.6 Å². The zero-order valence-corrected chi connectivity index (χ0v) is 12.2. The first kappa shape index (κ1) is 15.4. The number of hydrogen-bond donors (Lipinski definition) is 0. The van der Waals surface area contributed by atoms with Crippen molar-refractivity contribution in [1.82, 2.24) is 4.90 Å². The molecule has 1 unspecified atom stereocenters. The number of rotatable bonds is 5. The van der Waals surface area contributed by atoms with Gasteiger partial charge in [-0.25, -0.2) is 4.39 Å². The van der Waals surface area contributed by atoms with E-state index in [2.05, 4.69) is 13.2 Å². The van der Waals surface area contributed by atoms with Crippen LogP contribution in [0.5, 0.6) is 0 Å². The zero-order valence-electron chi connectivity index (χ0n) is 11.4. The Morgan fingerprint density at radius 1 is 1.52 bits per heavy atom. The highest BCUT2D eigenvalue weighted by Crippen LogP contribution is 2.39. The van der Waals surface area contributed by atoms with Gasteiger partial charge < -0.3 is 9.69 Å². The van der Waals surface area contributed by atoms with Crippen LogP contribution in [0.3, 0.4) is 0 Å². The molecule has 0 fully saturated rings. The van der Waals surface area contributed by atoms with E-state index in [0.29, 0.717) is 30.3 Å². The van der Waals surface area contributed by atoms with Gasteiger partial charge in [0, 0.05) is 10.6 Å². The molecule has 0 heterocycles. The van der Waals surface area contributed by atoms with Crippen molar-refractivity contribution in [3.8, 4) is 0 Å². The molecule has 0 spiro atoms. The molecule has 0 N–H and O–H groups in total. The molecule has 2 rings (SSSR count). The number of fused-ring (bicyclic) bond motifs is 1. The van der Waals surface area contributed by atoms with Crippen LogP contribution in [0, 0.1) is 5.82 Å². The molecule has 1 atom stereocenters. The van der Waals surface area contributed by atoms with Crippen molar-refractivity contribution in [2.75, 3.05) is 6.54 Å². The summed E-state index contributed by atoms with van der Waals surface area (Å²) in [7, 11) is 0. The average molecular weight is 308 g/mol. The van der Waals surface area contributed by atoms with Crippen LogP contribution in [0.2, 0.25) is 5.02 Å². The smallest absolute Gasteiger partial charge is 0.254 e. The molecule has 1 aromatic rings. The lowest BCUT2D eigenvalue weighted by molar-refractivity contribution is -0.131. The largest absolute Gasteiger partial charge is 0.325 e. The molecule has 0 radical (unpaired) electrons. The number of aldehydes is 1. The Balaban J connectivity index is 2.42. The average Bonchev–Trinajstić information content (AvgIpc) is 2.87. The third-order valence-electron chi connectivity index (χ3n) is 3.65. The Morgan fingerprint density at radius 2 is 2.24 bits per heavy atom. The number of nitrogens with zero attached hydrogens (tertiary/aromatic N) is 1. The van der Waals surface area contributed by atoms with Gasteiger partial charge in [0.15, 0.2) is 0 Å². The van der Waals surface area contributed by atoms with Crippen molar-refractivity contribution in [2.45, 2.75) is 18.9 Å². The number of carbonyl (C=O) groups excluding carboxylic acids is 2. The molecule has 0 aromatic heterocycles. The van der Waals surface area contributed by atoms with Crippen molar-refractivity contribution in [3.05, 3.63) is 58.9 Å².